The van der Waals surface area contributed by atoms with Crippen LogP contribution in [0, 0.1) is 6.92 Å². The number of benzene rings is 1. The topological polar surface area (TPSA) is 46.8 Å². The molecule has 5 nitrogen and oxygen atoms in total. The van der Waals surface area contributed by atoms with Crippen LogP contribution in [-0.2, 0) is 6.18 Å². The highest BCUT2D eigenvalue weighted by atomic mass is 19.4. The number of alkyl halides is 3. The predicted octanol–water partition coefficient (Wildman–Crippen LogP) is 3.21. The molecule has 0 amide bonds. The maximum atomic E-state index is 13.1. The molecule has 0 spiro atoms. The van der Waals surface area contributed by atoms with Crippen LogP contribution in [0.25, 0.3) is 10.9 Å². The molecule has 0 atom stereocenters. The summed E-state index contributed by atoms with van der Waals surface area (Å²) in [6.45, 7) is 3.09. The number of rotatable bonds is 2. The molecule has 0 bridgehead atoms. The number of hydrogen-bond acceptors (Lipinski definition) is 4. The first-order valence-electron chi connectivity index (χ1n) is 7.51. The Kier molecular flexibility index (Phi) is 3.22. The van der Waals surface area contributed by atoms with Crippen molar-refractivity contribution in [3.63, 3.8) is 0 Å². The van der Waals surface area contributed by atoms with Gasteiger partial charge in [-0.05, 0) is 24.6 Å². The number of para-hydroxylation sites is 1. The smallest absolute Gasteiger partial charge is 0.352 e. The highest BCUT2D eigenvalue weighted by Crippen LogP contribution is 2.35. The molecule has 0 radical (unpaired) electrons. The van der Waals surface area contributed by atoms with E-state index in [1.165, 1.54) is 0 Å². The van der Waals surface area contributed by atoms with Crippen molar-refractivity contribution < 1.29 is 13.2 Å². The van der Waals surface area contributed by atoms with Gasteiger partial charge < -0.3 is 4.90 Å². The lowest BCUT2D eigenvalue weighted by Crippen LogP contribution is -2.48. The summed E-state index contributed by atoms with van der Waals surface area (Å²) in [5, 5.41) is 4.89. The summed E-state index contributed by atoms with van der Waals surface area (Å²) in [7, 11) is 0. The summed E-state index contributed by atoms with van der Waals surface area (Å²) >= 11 is 0. The quantitative estimate of drug-likeness (QED) is 0.722. The Labute approximate surface area is 135 Å². The molecule has 1 aromatic carbocycles. The molecule has 2 aromatic heterocycles. The van der Waals surface area contributed by atoms with Gasteiger partial charge in [-0.15, -0.1) is 0 Å². The van der Waals surface area contributed by atoms with Gasteiger partial charge in [-0.25, -0.2) is 9.97 Å². The predicted molar refractivity (Wildman–Crippen MR) is 82.8 cm³/mol. The van der Waals surface area contributed by atoms with E-state index < -0.39 is 12.0 Å². The van der Waals surface area contributed by atoms with Gasteiger partial charge in [-0.2, -0.15) is 18.3 Å². The second kappa shape index (κ2) is 5.19. The molecule has 0 unspecified atom stereocenters. The van der Waals surface area contributed by atoms with E-state index >= 15 is 0 Å². The van der Waals surface area contributed by atoms with Crippen LogP contribution in [0.4, 0.5) is 19.0 Å². The Hall–Kier alpha value is -2.64. The van der Waals surface area contributed by atoms with Gasteiger partial charge in [0, 0.05) is 24.7 Å². The second-order valence-corrected chi connectivity index (χ2v) is 5.94. The minimum Gasteiger partial charge on any atom is -0.352 e. The van der Waals surface area contributed by atoms with Crippen molar-refractivity contribution >= 4 is 16.7 Å². The van der Waals surface area contributed by atoms with E-state index in [1.54, 1.807) is 30.5 Å². The highest BCUT2D eigenvalue weighted by Gasteiger charge is 2.38. The number of nitrogens with zero attached hydrogens (tertiary/aromatic N) is 5. The average Bonchev–Trinajstić information content (AvgIpc) is 2.90. The van der Waals surface area contributed by atoms with Crippen molar-refractivity contribution in [2.24, 2.45) is 0 Å². The van der Waals surface area contributed by atoms with Crippen molar-refractivity contribution in [2.75, 3.05) is 18.0 Å². The third-order valence-corrected chi connectivity index (χ3v) is 4.10. The van der Waals surface area contributed by atoms with Crippen molar-refractivity contribution in [3.8, 4) is 0 Å². The normalized spacial score (nSPS) is 15.8. The number of aromatic nitrogens is 4. The Morgan fingerprint density at radius 2 is 1.88 bits per heavy atom. The fourth-order valence-electron chi connectivity index (χ4n) is 2.86. The molecule has 8 heteroatoms. The fraction of sp³-hybridized carbons (Fsp3) is 0.312. The molecule has 1 aliphatic rings. The van der Waals surface area contributed by atoms with Crippen LogP contribution in [0.3, 0.4) is 0 Å². The fourth-order valence-corrected chi connectivity index (χ4v) is 2.86. The Bertz CT molecular complexity index is 896. The van der Waals surface area contributed by atoms with E-state index in [1.807, 2.05) is 22.7 Å². The number of hydrogen-bond donors (Lipinski definition) is 0. The van der Waals surface area contributed by atoms with E-state index in [9.17, 15) is 13.2 Å². The molecule has 4 rings (SSSR count). The minimum atomic E-state index is -4.57. The third-order valence-electron chi connectivity index (χ3n) is 4.10. The molecule has 1 fully saturated rings. The minimum absolute atomic E-state index is 0.141. The third kappa shape index (κ3) is 2.47. The molecule has 1 aliphatic heterocycles. The summed E-state index contributed by atoms with van der Waals surface area (Å²) in [5.74, 6) is -0.775. The Morgan fingerprint density at radius 3 is 2.54 bits per heavy atom. The van der Waals surface area contributed by atoms with Gasteiger partial charge in [0.25, 0.3) is 0 Å². The van der Waals surface area contributed by atoms with Crippen LogP contribution in [0.1, 0.15) is 17.4 Å². The standard InChI is InChI=1S/C16H14F3N5/c1-10-6-20-24(7-10)11-8-23(9-11)14-12-4-2-3-5-13(12)21-15(22-14)16(17,18)19/h2-7,11H,8-9H2,1H3. The van der Waals surface area contributed by atoms with Crippen molar-refractivity contribution in [1.29, 1.82) is 0 Å². The Balaban J connectivity index is 1.69. The average molecular weight is 333 g/mol. The molecule has 3 aromatic rings. The van der Waals surface area contributed by atoms with Crippen LogP contribution in [0.15, 0.2) is 36.7 Å². The van der Waals surface area contributed by atoms with Crippen molar-refractivity contribution in [3.05, 3.63) is 48.0 Å². The van der Waals surface area contributed by atoms with Crippen LogP contribution in [0.5, 0.6) is 0 Å². The Morgan fingerprint density at radius 1 is 1.12 bits per heavy atom. The molecular weight excluding hydrogens is 319 g/mol. The highest BCUT2D eigenvalue weighted by molar-refractivity contribution is 5.89. The number of anilines is 1. The maximum absolute atomic E-state index is 13.1. The lowest BCUT2D eigenvalue weighted by Gasteiger charge is -2.40. The van der Waals surface area contributed by atoms with Gasteiger partial charge in [-0.1, -0.05) is 12.1 Å². The van der Waals surface area contributed by atoms with Gasteiger partial charge in [0.2, 0.25) is 5.82 Å². The van der Waals surface area contributed by atoms with Gasteiger partial charge in [-0.3, -0.25) is 4.68 Å². The molecule has 24 heavy (non-hydrogen) atoms. The van der Waals surface area contributed by atoms with E-state index in [-0.39, 0.29) is 6.04 Å². The number of halogens is 3. The van der Waals surface area contributed by atoms with E-state index in [0.717, 1.165) is 5.56 Å². The molecular formula is C16H14F3N5. The molecule has 3 heterocycles. The zero-order chi connectivity index (χ0) is 16.9. The van der Waals surface area contributed by atoms with Gasteiger partial charge >= 0.3 is 6.18 Å². The van der Waals surface area contributed by atoms with E-state index in [2.05, 4.69) is 15.1 Å². The van der Waals surface area contributed by atoms with Crippen LogP contribution in [0.2, 0.25) is 0 Å². The first kappa shape index (κ1) is 14.9. The zero-order valence-corrected chi connectivity index (χ0v) is 12.8. The molecule has 0 N–H and O–H groups in total. The molecule has 0 saturated carbocycles. The maximum Gasteiger partial charge on any atom is 0.451 e. The molecule has 124 valence electrons. The largest absolute Gasteiger partial charge is 0.451 e. The van der Waals surface area contributed by atoms with Gasteiger partial charge in [0.1, 0.15) is 5.82 Å². The summed E-state index contributed by atoms with van der Waals surface area (Å²) in [6.07, 6.45) is -0.867. The van der Waals surface area contributed by atoms with Crippen molar-refractivity contribution in [1.82, 2.24) is 19.7 Å². The van der Waals surface area contributed by atoms with Crippen LogP contribution >= 0.6 is 0 Å². The second-order valence-electron chi connectivity index (χ2n) is 5.94. The van der Waals surface area contributed by atoms with E-state index in [4.69, 9.17) is 0 Å². The van der Waals surface area contributed by atoms with Gasteiger partial charge in [0.05, 0.1) is 17.8 Å². The van der Waals surface area contributed by atoms with Crippen LogP contribution < -0.4 is 4.90 Å². The molecule has 0 aliphatic carbocycles. The number of fused-ring (bicyclic) bond motifs is 1. The molecule has 1 saturated heterocycles. The summed E-state index contributed by atoms with van der Waals surface area (Å²) in [4.78, 5) is 9.27. The summed E-state index contributed by atoms with van der Waals surface area (Å²) in [5.41, 5.74) is 1.36. The summed E-state index contributed by atoms with van der Waals surface area (Å²) < 4.78 is 41.1. The summed E-state index contributed by atoms with van der Waals surface area (Å²) in [6, 6.07) is 6.91. The SMILES string of the molecule is Cc1cnn(C2CN(c3nc(C(F)(F)F)nc4ccccc34)C2)c1. The van der Waals surface area contributed by atoms with Crippen molar-refractivity contribution in [2.45, 2.75) is 19.1 Å². The first-order chi connectivity index (χ1) is 11.4. The number of aryl methyl sites for hydroxylation is 1. The van der Waals surface area contributed by atoms with E-state index in [0.29, 0.717) is 29.8 Å². The van der Waals surface area contributed by atoms with Gasteiger partial charge in [0.15, 0.2) is 0 Å². The lowest BCUT2D eigenvalue weighted by atomic mass is 10.1. The zero-order valence-electron chi connectivity index (χ0n) is 12.8. The lowest BCUT2D eigenvalue weighted by molar-refractivity contribution is -0.144. The monoisotopic (exact) mass is 333 g/mol. The first-order valence-corrected chi connectivity index (χ1v) is 7.51. The van der Waals surface area contributed by atoms with Crippen LogP contribution in [-0.4, -0.2) is 32.8 Å².